The number of hydrogen-bond acceptors (Lipinski definition) is 6. The number of amides is 1. The lowest BCUT2D eigenvalue weighted by atomic mass is 9.68. The van der Waals surface area contributed by atoms with Gasteiger partial charge in [0.1, 0.15) is 0 Å². The molecule has 1 saturated heterocycles. The maximum atomic E-state index is 12.2. The number of carboxylic acids is 1. The van der Waals surface area contributed by atoms with Crippen molar-refractivity contribution in [1.29, 1.82) is 0 Å². The van der Waals surface area contributed by atoms with Crippen molar-refractivity contribution >= 4 is 23.8 Å². The molecule has 0 unspecified atom stereocenters. The van der Waals surface area contributed by atoms with Crippen LogP contribution in [0.5, 0.6) is 0 Å². The number of pyridine rings is 1. The van der Waals surface area contributed by atoms with E-state index in [4.69, 9.17) is 0 Å². The van der Waals surface area contributed by atoms with E-state index >= 15 is 0 Å². The number of carbonyl (C=O) groups excluding carboxylic acids is 1. The van der Waals surface area contributed by atoms with Crippen molar-refractivity contribution in [2.45, 2.75) is 24.7 Å². The molecule has 9 nitrogen and oxygen atoms in total. The van der Waals surface area contributed by atoms with Gasteiger partial charge in [-0.2, -0.15) is 0 Å². The van der Waals surface area contributed by atoms with E-state index in [1.54, 1.807) is 12.1 Å². The number of aromatic nitrogens is 1. The van der Waals surface area contributed by atoms with Crippen LogP contribution in [0, 0.1) is 10.1 Å². The van der Waals surface area contributed by atoms with Crippen LogP contribution in [-0.2, 0) is 10.2 Å². The molecule has 1 amide bonds. The Morgan fingerprint density at radius 2 is 1.57 bits per heavy atom. The number of aromatic carboxylic acids is 1. The highest BCUT2D eigenvalue weighted by Gasteiger charge is 2.37. The molecule has 0 spiro atoms. The lowest BCUT2D eigenvalue weighted by Gasteiger charge is -2.43. The molecule has 0 atom stereocenters. The van der Waals surface area contributed by atoms with Gasteiger partial charge in [0.25, 0.3) is 5.69 Å². The van der Waals surface area contributed by atoms with Crippen LogP contribution in [0.25, 0.3) is 11.3 Å². The van der Waals surface area contributed by atoms with Gasteiger partial charge in [0, 0.05) is 35.9 Å². The smallest absolute Gasteiger partial charge is 0.337 e. The zero-order chi connectivity index (χ0) is 29.5. The third-order valence-corrected chi connectivity index (χ3v) is 8.14. The Labute approximate surface area is 244 Å². The van der Waals surface area contributed by atoms with Gasteiger partial charge in [0.05, 0.1) is 21.9 Å². The molecule has 1 aliphatic heterocycles. The fourth-order valence-electron chi connectivity index (χ4n) is 5.86. The lowest BCUT2D eigenvalue weighted by Crippen LogP contribution is -2.44. The summed E-state index contributed by atoms with van der Waals surface area (Å²) in [6.07, 6.45) is 4.55. The summed E-state index contributed by atoms with van der Waals surface area (Å²) in [5, 5.41) is 20.6. The molecular weight excluding hydrogens is 532 g/mol. The lowest BCUT2D eigenvalue weighted by molar-refractivity contribution is -0.384. The number of nitro benzene ring substituents is 1. The molecule has 9 heteroatoms. The summed E-state index contributed by atoms with van der Waals surface area (Å²) in [4.78, 5) is 42.7. The second-order valence-electron chi connectivity index (χ2n) is 10.5. The van der Waals surface area contributed by atoms with Gasteiger partial charge in [0.2, 0.25) is 6.41 Å². The van der Waals surface area contributed by atoms with Gasteiger partial charge >= 0.3 is 5.97 Å². The fourth-order valence-corrected chi connectivity index (χ4v) is 5.86. The molecule has 0 radical (unpaired) electrons. The monoisotopic (exact) mass is 564 g/mol. The summed E-state index contributed by atoms with van der Waals surface area (Å²) >= 11 is 0. The summed E-state index contributed by atoms with van der Waals surface area (Å²) < 4.78 is 0. The first kappa shape index (κ1) is 28.6. The van der Waals surface area contributed by atoms with Crippen LogP contribution in [0.15, 0.2) is 97.2 Å². The third kappa shape index (κ3) is 6.06. The van der Waals surface area contributed by atoms with Crippen molar-refractivity contribution in [3.8, 4) is 11.3 Å². The van der Waals surface area contributed by atoms with E-state index in [0.29, 0.717) is 36.3 Å². The Balaban J connectivity index is 1.29. The van der Waals surface area contributed by atoms with Crippen LogP contribution in [0.3, 0.4) is 0 Å². The highest BCUT2D eigenvalue weighted by molar-refractivity contribution is 5.93. The summed E-state index contributed by atoms with van der Waals surface area (Å²) in [5.41, 5.74) is 3.78. The summed E-state index contributed by atoms with van der Waals surface area (Å²) in [7, 11) is 0. The molecule has 1 aliphatic rings. The molecule has 1 aromatic heterocycles. The quantitative estimate of drug-likeness (QED) is 0.139. The first-order valence-corrected chi connectivity index (χ1v) is 13.9. The van der Waals surface area contributed by atoms with Crippen molar-refractivity contribution in [1.82, 2.24) is 9.88 Å². The Bertz CT molecular complexity index is 1490. The van der Waals surface area contributed by atoms with E-state index in [-0.39, 0.29) is 16.7 Å². The Morgan fingerprint density at radius 3 is 2.10 bits per heavy atom. The zero-order valence-corrected chi connectivity index (χ0v) is 23.1. The van der Waals surface area contributed by atoms with E-state index < -0.39 is 10.9 Å². The maximum Gasteiger partial charge on any atom is 0.337 e. The molecule has 5 rings (SSSR count). The standard InChI is InChI=1S/C33H32N4O5/c38-24-36(30-22-26(32(39)40)23-34-31(30)25-12-14-29(15-13-25)37(41)42)19-7-18-35-20-16-33(17-21-35,27-8-3-1-4-9-27)28-10-5-2-6-11-28/h1-6,8-15,22-24H,7,16-21H2,(H,39,40). The summed E-state index contributed by atoms with van der Waals surface area (Å²) in [6, 6.07) is 28.6. The number of benzene rings is 3. The van der Waals surface area contributed by atoms with E-state index in [1.807, 2.05) is 12.1 Å². The van der Waals surface area contributed by atoms with Crippen molar-refractivity contribution < 1.29 is 19.6 Å². The Hall–Kier alpha value is -4.89. The van der Waals surface area contributed by atoms with Crippen molar-refractivity contribution in [3.63, 3.8) is 0 Å². The number of rotatable bonds is 11. The van der Waals surface area contributed by atoms with Gasteiger partial charge in [0.15, 0.2) is 0 Å². The minimum Gasteiger partial charge on any atom is -0.478 e. The van der Waals surface area contributed by atoms with Gasteiger partial charge in [-0.1, -0.05) is 60.7 Å². The average molecular weight is 565 g/mol. The van der Waals surface area contributed by atoms with Crippen LogP contribution in [0.1, 0.15) is 40.7 Å². The van der Waals surface area contributed by atoms with E-state index in [0.717, 1.165) is 32.5 Å². The van der Waals surface area contributed by atoms with Crippen LogP contribution >= 0.6 is 0 Å². The van der Waals surface area contributed by atoms with E-state index in [9.17, 15) is 24.8 Å². The molecule has 3 aromatic carbocycles. The molecule has 1 fully saturated rings. The Morgan fingerprint density at radius 1 is 0.976 bits per heavy atom. The largest absolute Gasteiger partial charge is 0.478 e. The fraction of sp³-hybridized carbons (Fsp3) is 0.242. The number of nitrogens with zero attached hydrogens (tertiary/aromatic N) is 4. The Kier molecular flexibility index (Phi) is 8.68. The van der Waals surface area contributed by atoms with Crippen molar-refractivity contribution in [2.75, 3.05) is 31.1 Å². The second-order valence-corrected chi connectivity index (χ2v) is 10.5. The SMILES string of the molecule is O=CN(CCCN1CCC(c2ccccc2)(c2ccccc2)CC1)c1cc(C(=O)O)cnc1-c1ccc([N+](=O)[O-])cc1. The molecule has 214 valence electrons. The average Bonchev–Trinajstić information content (AvgIpc) is 3.04. The van der Waals surface area contributed by atoms with Gasteiger partial charge in [-0.05, 0) is 68.2 Å². The first-order chi connectivity index (χ1) is 20.4. The number of nitro groups is 1. The maximum absolute atomic E-state index is 12.2. The highest BCUT2D eigenvalue weighted by atomic mass is 16.6. The van der Waals surface area contributed by atoms with Crippen molar-refractivity contribution in [2.24, 2.45) is 0 Å². The number of hydrogen-bond donors (Lipinski definition) is 1. The number of carbonyl (C=O) groups is 2. The predicted octanol–water partition coefficient (Wildman–Crippen LogP) is 5.79. The number of anilines is 1. The predicted molar refractivity (Wildman–Crippen MR) is 161 cm³/mol. The van der Waals surface area contributed by atoms with Crippen molar-refractivity contribution in [3.05, 3.63) is 124 Å². The number of likely N-dealkylation sites (tertiary alicyclic amines) is 1. The van der Waals surface area contributed by atoms with Gasteiger partial charge in [-0.15, -0.1) is 0 Å². The van der Waals surface area contributed by atoms with E-state index in [2.05, 4.69) is 58.4 Å². The number of piperidine rings is 1. The first-order valence-electron chi connectivity index (χ1n) is 13.9. The van der Waals surface area contributed by atoms with Gasteiger partial charge in [-0.3, -0.25) is 19.9 Å². The molecule has 0 bridgehead atoms. The molecule has 1 N–H and O–H groups in total. The van der Waals surface area contributed by atoms with Crippen LogP contribution < -0.4 is 4.90 Å². The minimum absolute atomic E-state index is 0.0447. The zero-order valence-electron chi connectivity index (χ0n) is 23.1. The molecular formula is C33H32N4O5. The molecule has 42 heavy (non-hydrogen) atoms. The van der Waals surface area contributed by atoms with Crippen LogP contribution in [0.2, 0.25) is 0 Å². The molecule has 0 saturated carbocycles. The topological polar surface area (TPSA) is 117 Å². The molecule has 4 aromatic rings. The van der Waals surface area contributed by atoms with E-state index in [1.165, 1.54) is 40.4 Å². The normalized spacial score (nSPS) is 14.7. The number of carboxylic acid groups (broad SMARTS) is 1. The molecule has 2 heterocycles. The van der Waals surface area contributed by atoms with Gasteiger partial charge in [-0.25, -0.2) is 4.79 Å². The summed E-state index contributed by atoms with van der Waals surface area (Å²) in [5.74, 6) is -1.15. The van der Waals surface area contributed by atoms with Crippen LogP contribution in [-0.4, -0.2) is 58.5 Å². The minimum atomic E-state index is -1.15. The highest BCUT2D eigenvalue weighted by Crippen LogP contribution is 2.41. The summed E-state index contributed by atoms with van der Waals surface area (Å²) in [6.45, 7) is 2.97. The third-order valence-electron chi connectivity index (χ3n) is 8.14. The van der Waals surface area contributed by atoms with Gasteiger partial charge < -0.3 is 14.9 Å². The second kappa shape index (κ2) is 12.7. The molecule has 0 aliphatic carbocycles. The number of non-ortho nitro benzene ring substituents is 1. The van der Waals surface area contributed by atoms with Crippen LogP contribution in [0.4, 0.5) is 11.4 Å².